The number of pyridine rings is 3. The van der Waals surface area contributed by atoms with Gasteiger partial charge in [0.25, 0.3) is 10.8 Å². The number of ketones is 3. The molecule has 0 spiro atoms. The molecule has 6 aromatic carbocycles. The van der Waals surface area contributed by atoms with E-state index in [1.54, 1.807) is 30.3 Å². The number of rotatable bonds is 12. The molecule has 0 fully saturated rings. The Labute approximate surface area is 686 Å². The quantitative estimate of drug-likeness (QED) is 0.0103. The Bertz CT molecular complexity index is 5490. The van der Waals surface area contributed by atoms with E-state index in [2.05, 4.69) is 40.4 Å². The van der Waals surface area contributed by atoms with Crippen molar-refractivity contribution >= 4 is 140 Å². The minimum absolute atomic E-state index is 0.00426. The van der Waals surface area contributed by atoms with Crippen LogP contribution in [0.15, 0.2) is 172 Å². The molecule has 3 amide bonds. The number of nitrogens with zero attached hydrogens (tertiary/aromatic N) is 2. The van der Waals surface area contributed by atoms with Gasteiger partial charge in [-0.1, -0.05) is 36.4 Å². The second-order valence-electron chi connectivity index (χ2n) is 22.5. The molecular formula is C68H65F18N11O26S2. The van der Waals surface area contributed by atoms with Crippen LogP contribution in [-0.2, 0) is 87.2 Å². The largest absolute Gasteiger partial charge is 0.466 e. The molecule has 3 heterocycles. The van der Waals surface area contributed by atoms with Crippen LogP contribution in [0.2, 0.25) is 0 Å². The third-order valence-corrected chi connectivity index (χ3v) is 12.6. The van der Waals surface area contributed by atoms with Gasteiger partial charge in [-0.2, -0.15) is 95.9 Å². The molecule has 0 unspecified atom stereocenters. The topological polar surface area (TPSA) is 623 Å². The molecule has 37 nitrogen and oxygen atoms in total. The highest BCUT2D eigenvalue weighted by Gasteiger charge is 2.42. The molecule has 0 saturated heterocycles. The average Bonchev–Trinajstić information content (AvgIpc) is 0.779. The molecule has 686 valence electrons. The number of amides is 3. The summed E-state index contributed by atoms with van der Waals surface area (Å²) in [6.45, 7) is 5.59. The van der Waals surface area contributed by atoms with E-state index in [4.69, 9.17) is 67.6 Å². The number of fused-ring (bicyclic) bond motifs is 3. The van der Waals surface area contributed by atoms with Crippen molar-refractivity contribution in [1.29, 1.82) is 0 Å². The summed E-state index contributed by atoms with van der Waals surface area (Å²) in [5.41, 5.74) is 13.6. The summed E-state index contributed by atoms with van der Waals surface area (Å²) in [4.78, 5) is 142. The van der Waals surface area contributed by atoms with Crippen molar-refractivity contribution in [3.8, 4) is 0 Å². The summed E-state index contributed by atoms with van der Waals surface area (Å²) in [5, 5.41) is 30.9. The van der Waals surface area contributed by atoms with E-state index >= 15 is 0 Å². The van der Waals surface area contributed by atoms with Crippen LogP contribution >= 0.6 is 0 Å². The molecule has 9 aromatic rings. The standard InChI is InChI=1S/C12H11F3N2O3.C10H5F3N2O3.C10H7F3N2O.C10H6F3NO.C8H10N2O.2C6H7F3O3.C6H7N.HNO3.2H2O4S/c1-7(18)16-8-2-4-9(5-3-8)17-11(20)6-10(19)12(13,14)15;11-10(12,13)7-4-9(16)14-8-2-1-5(15(17)18)3-6(7)8;11-10(12,13)7-4-9(16)15-8-2-1-5(14)3-6(7)8;11-10(12,13)7-5-9(15)14-8-4-2-1-3-6(7)8;1-6(11)10-8-4-2-7(9)3-5-8;2*1-2-12-5(11)3-4(10)6(7,8)9;7-6-4-2-1-3-5-6;2-1(3)4;2*1-5(2,3)4/h2-5H,6H2,1H3,(H,16,18)(H,17,20);1-4H,(H,14,16);1-4H,14H2,(H,15,16);1-5H,(H,14,15);2-5H,9H2,1H3,(H,10,11);2*2-3H2,1H3;1-5H,7H2;(H,2,3,4);2*(H2,1,2,3,4). The number of nitrogen functional groups attached to an aromatic ring is 3. The number of alkyl halides is 18. The lowest BCUT2D eigenvalue weighted by Gasteiger charge is -2.09. The van der Waals surface area contributed by atoms with Gasteiger partial charge in [-0.25, -0.2) is 0 Å². The number of nitrogens with two attached hydrogens (primary N) is 3. The van der Waals surface area contributed by atoms with Gasteiger partial charge in [-0.15, -0.1) is 10.1 Å². The molecule has 9 rings (SSSR count). The lowest BCUT2D eigenvalue weighted by Crippen LogP contribution is -2.27. The SMILES string of the molecule is CC(=O)Nc1ccc(N)cc1.CC(=O)Nc1ccc(NC(=O)CC(=O)C(F)(F)F)cc1.CCOC(=O)CC(=O)C(F)(F)F.CCOC(=O)CC(=O)C(F)(F)F.Nc1ccc2[nH]c(=O)cc(C(F)(F)F)c2c1.Nc1ccccc1.O=S(=O)(O)O.O=S(=O)(O)O.O=[N+]([O-])O.O=c1cc(C(F)(F)F)c2cc([N+](=O)[O-])ccc2[nH]1.O=c1cc(C(F)(F)F)c2ccccc2[nH]1. The number of aromatic nitrogens is 3. The number of H-pyrrole nitrogens is 3. The highest BCUT2D eigenvalue weighted by molar-refractivity contribution is 7.80. The number of nitrogens with one attached hydrogen (secondary N) is 6. The van der Waals surface area contributed by atoms with Gasteiger partial charge in [0.15, 0.2) is 0 Å². The van der Waals surface area contributed by atoms with Crippen LogP contribution in [0, 0.1) is 20.2 Å². The van der Waals surface area contributed by atoms with E-state index in [1.807, 2.05) is 30.3 Å². The van der Waals surface area contributed by atoms with E-state index in [1.165, 1.54) is 88.4 Å². The van der Waals surface area contributed by atoms with Crippen molar-refractivity contribution in [2.45, 2.75) is 84.0 Å². The van der Waals surface area contributed by atoms with Gasteiger partial charge >= 0.3 is 69.8 Å². The zero-order chi connectivity index (χ0) is 97.3. The Hall–Kier alpha value is -14.2. The van der Waals surface area contributed by atoms with Crippen LogP contribution in [0.4, 0.5) is 119 Å². The summed E-state index contributed by atoms with van der Waals surface area (Å²) in [6, 6.07) is 36.4. The number of anilines is 6. The van der Waals surface area contributed by atoms with E-state index in [9.17, 15) is 142 Å². The third-order valence-electron chi connectivity index (χ3n) is 12.6. The van der Waals surface area contributed by atoms with Crippen molar-refractivity contribution in [1.82, 2.24) is 15.0 Å². The minimum Gasteiger partial charge on any atom is -0.466 e. The van der Waals surface area contributed by atoms with Gasteiger partial charge < -0.3 is 62.8 Å². The molecule has 0 aliphatic carbocycles. The normalized spacial score (nSPS) is 10.9. The van der Waals surface area contributed by atoms with Crippen molar-refractivity contribution in [2.75, 3.05) is 46.4 Å². The number of halogens is 18. The van der Waals surface area contributed by atoms with Gasteiger partial charge in [-0.05, 0) is 105 Å². The Kier molecular flexibility index (Phi) is 45.9. The van der Waals surface area contributed by atoms with Crippen molar-refractivity contribution in [3.05, 3.63) is 226 Å². The van der Waals surface area contributed by atoms with Crippen LogP contribution in [0.5, 0.6) is 0 Å². The molecule has 3 aromatic heterocycles. The number of nitro benzene ring substituents is 1. The number of non-ortho nitro benzene ring substituents is 1. The summed E-state index contributed by atoms with van der Waals surface area (Å²) >= 11 is 0. The Morgan fingerprint density at radius 1 is 0.408 bits per heavy atom. The number of para-hydroxylation sites is 2. The first-order valence-electron chi connectivity index (χ1n) is 32.4. The predicted molar refractivity (Wildman–Crippen MR) is 403 cm³/mol. The molecule has 57 heteroatoms. The van der Waals surface area contributed by atoms with E-state index in [-0.39, 0.29) is 63.7 Å². The highest BCUT2D eigenvalue weighted by Crippen LogP contribution is 2.37. The van der Waals surface area contributed by atoms with E-state index in [0.29, 0.717) is 29.6 Å². The lowest BCUT2D eigenvalue weighted by atomic mass is 10.1. The molecule has 0 atom stereocenters. The van der Waals surface area contributed by atoms with Crippen LogP contribution in [0.25, 0.3) is 32.7 Å². The first kappa shape index (κ1) is 113. The molecular weight excluding hydrogens is 1790 g/mol. The fourth-order valence-electron chi connectivity index (χ4n) is 7.94. The summed E-state index contributed by atoms with van der Waals surface area (Å²) in [7, 11) is -9.33. The maximum Gasteiger partial charge on any atom is 0.450 e. The molecule has 0 saturated carbocycles. The molecule has 0 radical (unpaired) electrons. The number of benzene rings is 6. The number of hydrogen-bond acceptors (Lipinski definition) is 24. The number of nitro groups is 1. The van der Waals surface area contributed by atoms with Gasteiger partial charge in [0.05, 0.1) is 41.2 Å². The number of hydrogen-bond donors (Lipinski definition) is 14. The van der Waals surface area contributed by atoms with Crippen molar-refractivity contribution in [3.63, 3.8) is 0 Å². The molecule has 0 aliphatic heterocycles. The first-order valence-corrected chi connectivity index (χ1v) is 35.2. The maximum atomic E-state index is 12.7. The molecule has 0 bridgehead atoms. The second kappa shape index (κ2) is 50.9. The van der Waals surface area contributed by atoms with E-state index in [0.717, 1.165) is 29.6 Å². The molecule has 0 aliphatic rings. The number of aromatic amines is 3. The Morgan fingerprint density at radius 3 is 1.00 bits per heavy atom. The zero-order valence-electron chi connectivity index (χ0n) is 63.1. The van der Waals surface area contributed by atoms with Crippen LogP contribution in [-0.4, -0.2) is 144 Å². The van der Waals surface area contributed by atoms with Gasteiger partial charge in [0, 0.05) is 111 Å². The zero-order valence-corrected chi connectivity index (χ0v) is 64.7. The van der Waals surface area contributed by atoms with Crippen LogP contribution < -0.4 is 49.8 Å². The smallest absolute Gasteiger partial charge is 0.450 e. The molecule has 17 N–H and O–H groups in total. The maximum absolute atomic E-state index is 12.7. The monoisotopic (exact) mass is 1860 g/mol. The van der Waals surface area contributed by atoms with Gasteiger partial charge in [-0.3, -0.25) is 81.1 Å². The fraction of sp³-hybridized carbons (Fsp3) is 0.221. The summed E-state index contributed by atoms with van der Waals surface area (Å²) < 4.78 is 290. The Balaban J connectivity index is 0. The Morgan fingerprint density at radius 2 is 0.688 bits per heavy atom. The fourth-order valence-corrected chi connectivity index (χ4v) is 7.94. The number of carbonyl (C=O) groups is 8. The summed E-state index contributed by atoms with van der Waals surface area (Å²) in [5.74, 6) is -9.99. The number of ether oxygens (including phenoxy) is 2. The predicted octanol–water partition coefficient (Wildman–Crippen LogP) is 12.2. The van der Waals surface area contributed by atoms with Crippen LogP contribution in [0.1, 0.15) is 63.6 Å². The van der Waals surface area contributed by atoms with Gasteiger partial charge in [0.1, 0.15) is 12.8 Å². The third kappa shape index (κ3) is 51.9. The van der Waals surface area contributed by atoms with E-state index < -0.39 is 167 Å². The van der Waals surface area contributed by atoms with Crippen molar-refractivity contribution < 1.29 is 177 Å². The number of esters is 2. The molecule has 125 heavy (non-hydrogen) atoms. The van der Waals surface area contributed by atoms with Crippen LogP contribution in [0.3, 0.4) is 0 Å². The lowest BCUT2D eigenvalue weighted by molar-refractivity contribution is -0.742. The minimum atomic E-state index is -5.02. The summed E-state index contributed by atoms with van der Waals surface area (Å²) in [6.07, 6.45) is -32.5. The van der Waals surface area contributed by atoms with Gasteiger partial charge in [0.2, 0.25) is 51.7 Å². The number of Topliss-reactive ketones (excluding diaryl/α,β-unsaturated/α-hetero) is 3. The first-order chi connectivity index (χ1) is 56.9. The second-order valence-corrected chi connectivity index (χ2v) is 24.3. The highest BCUT2D eigenvalue weighted by atomic mass is 32.3. The van der Waals surface area contributed by atoms with Crippen molar-refractivity contribution in [2.24, 2.45) is 0 Å². The number of carbonyl (C=O) groups excluding carboxylic acids is 8. The average molecular weight is 1860 g/mol.